The van der Waals surface area contributed by atoms with Crippen molar-refractivity contribution in [3.8, 4) is 0 Å². The minimum atomic E-state index is -4.60. The summed E-state index contributed by atoms with van der Waals surface area (Å²) in [6, 6.07) is 64.6. The van der Waals surface area contributed by atoms with Gasteiger partial charge in [-0.05, 0) is 119 Å². The number of benzene rings is 6. The van der Waals surface area contributed by atoms with Crippen molar-refractivity contribution >= 4 is 132 Å². The van der Waals surface area contributed by atoms with Crippen LogP contribution in [0, 0.1) is 0 Å². The number of aromatic nitrogens is 10. The molecule has 102 heavy (non-hydrogen) atoms. The number of carbonyl (C=O) groups excluding carboxylic acids is 2. The Hall–Kier alpha value is -11.7. The molecule has 0 fully saturated rings. The average molecular weight is 1490 g/mol. The molecule has 0 saturated carbocycles. The molecule has 16 aromatic rings. The van der Waals surface area contributed by atoms with Crippen molar-refractivity contribution in [2.24, 2.45) is 0 Å². The van der Waals surface area contributed by atoms with Gasteiger partial charge in [-0.1, -0.05) is 133 Å². The van der Waals surface area contributed by atoms with E-state index in [1.54, 1.807) is 74.4 Å². The van der Waals surface area contributed by atoms with Crippen LogP contribution in [0.1, 0.15) is 31.8 Å². The van der Waals surface area contributed by atoms with E-state index in [1.165, 1.54) is 0 Å². The molecule has 24 nitrogen and oxygen atoms in total. The van der Waals surface area contributed by atoms with E-state index in [1.807, 2.05) is 72.8 Å². The van der Waals surface area contributed by atoms with E-state index < -0.39 is 42.0 Å². The summed E-state index contributed by atoms with van der Waals surface area (Å²) in [5, 5.41) is 29.6. The molecule has 10 heterocycles. The number of carboxylic acids is 2. The van der Waals surface area contributed by atoms with Gasteiger partial charge >= 0.3 is 34.1 Å². The fourth-order valence-electron chi connectivity index (χ4n) is 9.42. The van der Waals surface area contributed by atoms with Crippen LogP contribution in [-0.4, -0.2) is 98.7 Å². The molecule has 514 valence electrons. The minimum Gasteiger partial charge on any atom is -0.744 e. The molecule has 10 N–H and O–H groups in total. The van der Waals surface area contributed by atoms with Crippen molar-refractivity contribution in [3.63, 3.8) is 0 Å². The Morgan fingerprint density at radius 3 is 0.657 bits per heavy atom. The van der Waals surface area contributed by atoms with Crippen molar-refractivity contribution < 1.29 is 102 Å². The maximum absolute atomic E-state index is 10.4. The van der Waals surface area contributed by atoms with Gasteiger partial charge in [0.05, 0.1) is 65.9 Å². The molecule has 0 saturated heterocycles. The molecule has 16 rings (SSSR count). The summed E-state index contributed by atoms with van der Waals surface area (Å²) in [5.74, 6) is -3.05. The minimum absolute atomic E-state index is 0. The largest absolute Gasteiger partial charge is 2.00 e. The van der Waals surface area contributed by atoms with Crippen molar-refractivity contribution in [2.45, 2.75) is 9.79 Å². The number of pyridine rings is 10. The third kappa shape index (κ3) is 22.4. The molecule has 0 spiro atoms. The monoisotopic (exact) mass is 1490 g/mol. The molecule has 0 unspecified atom stereocenters. The normalized spacial score (nSPS) is 10.3. The van der Waals surface area contributed by atoms with E-state index in [0.29, 0.717) is 0 Å². The average Bonchev–Trinajstić information content (AvgIpc) is 0.809. The standard InChI is InChI=1S/4C12H8N2.C12H10N2.2C7H6O5S.2Mn.4H2O/c4*1-3-9-5-6-10-4-2-8-14-12(10)11(9)13-7-1;1(11-3-7-13-8-4-11)2-12-5-9-14-10-6-12;2*8-7(9)5-2-1-3-6(4-5)13(10,11)12;;;;;;/h4*1-8H;1-10H;2*1-4H,(H,8,9)(H,10,11,12);;;4*1H2/q;;;;;;;2*+2;;;;/p-2/b;;;;2-1+;;;;;;;;. The molecule has 6 aromatic carbocycles. The van der Waals surface area contributed by atoms with Gasteiger partial charge in [-0.3, -0.25) is 49.8 Å². The summed E-state index contributed by atoms with van der Waals surface area (Å²) in [5.41, 5.74) is 9.45. The molecular formula is C74H60Mn2N10O14S2+2. The Bertz CT molecular complexity index is 4910. The van der Waals surface area contributed by atoms with Crippen molar-refractivity contribution in [3.05, 3.63) is 315 Å². The zero-order chi connectivity index (χ0) is 67.3. The number of hydrogen-bond acceptors (Lipinski definition) is 20. The first kappa shape index (κ1) is 82.7. The topological polar surface area (TPSA) is 453 Å². The molecule has 2 radical (unpaired) electrons. The second kappa shape index (κ2) is 39.8. The fourth-order valence-corrected chi connectivity index (χ4v) is 10.5. The first-order chi connectivity index (χ1) is 46.6. The van der Waals surface area contributed by atoms with E-state index >= 15 is 0 Å². The Labute approximate surface area is 604 Å². The number of hydrogen-bond donors (Lipinski definition) is 0. The van der Waals surface area contributed by atoms with Crippen LogP contribution in [0.2, 0.25) is 0 Å². The van der Waals surface area contributed by atoms with Crippen molar-refractivity contribution in [1.29, 1.82) is 0 Å². The number of rotatable bonds is 6. The summed E-state index contributed by atoms with van der Waals surface area (Å²) in [6.07, 6.45) is 25.7. The molecule has 0 aliphatic heterocycles. The van der Waals surface area contributed by atoms with Crippen LogP contribution in [0.3, 0.4) is 0 Å². The van der Waals surface area contributed by atoms with Gasteiger partial charge in [0.2, 0.25) is 0 Å². The van der Waals surface area contributed by atoms with Crippen LogP contribution < -0.4 is 10.2 Å². The fraction of sp³-hybridized carbons (Fsp3) is 0. The third-order valence-electron chi connectivity index (χ3n) is 14.0. The molecular weight excluding hydrogens is 1430 g/mol. The maximum Gasteiger partial charge on any atom is 2.00 e. The second-order valence-electron chi connectivity index (χ2n) is 20.3. The van der Waals surface area contributed by atoms with Crippen LogP contribution in [0.25, 0.3) is 99.4 Å². The summed E-state index contributed by atoms with van der Waals surface area (Å²) < 4.78 is 62.6. The third-order valence-corrected chi connectivity index (χ3v) is 15.6. The van der Waals surface area contributed by atoms with Gasteiger partial charge in [0, 0.05) is 117 Å². The van der Waals surface area contributed by atoms with Crippen LogP contribution in [0.5, 0.6) is 0 Å². The summed E-state index contributed by atoms with van der Waals surface area (Å²) in [4.78, 5) is 62.1. The zero-order valence-electron chi connectivity index (χ0n) is 53.1. The maximum atomic E-state index is 10.4. The summed E-state index contributed by atoms with van der Waals surface area (Å²) in [6.45, 7) is 0. The number of carboxylic acid groups (broad SMARTS) is 2. The van der Waals surface area contributed by atoms with Crippen LogP contribution in [0.15, 0.2) is 303 Å². The molecule has 0 aliphatic carbocycles. The number of aromatic carboxylic acids is 2. The van der Waals surface area contributed by atoms with E-state index in [0.717, 1.165) is 147 Å². The van der Waals surface area contributed by atoms with Gasteiger partial charge in [-0.15, -0.1) is 0 Å². The van der Waals surface area contributed by atoms with E-state index in [9.17, 15) is 45.7 Å². The van der Waals surface area contributed by atoms with E-state index in [-0.39, 0.29) is 67.2 Å². The van der Waals surface area contributed by atoms with Crippen LogP contribution in [0.4, 0.5) is 0 Å². The van der Waals surface area contributed by atoms with E-state index in [4.69, 9.17) is 0 Å². The molecule has 0 amide bonds. The van der Waals surface area contributed by atoms with E-state index in [2.05, 4.69) is 159 Å². The summed E-state index contributed by atoms with van der Waals surface area (Å²) >= 11 is 0. The Morgan fingerprint density at radius 2 is 0.480 bits per heavy atom. The number of carbonyl (C=O) groups is 2. The first-order valence-electron chi connectivity index (χ1n) is 28.9. The molecule has 10 aromatic heterocycles. The molecule has 0 bridgehead atoms. The molecule has 28 heteroatoms. The Morgan fingerprint density at radius 1 is 0.284 bits per heavy atom. The van der Waals surface area contributed by atoms with Gasteiger partial charge in [0.15, 0.2) is 0 Å². The Kier molecular flexibility index (Phi) is 32.2. The predicted octanol–water partition coefficient (Wildman–Crippen LogP) is 8.19. The number of fused-ring (bicyclic) bond motifs is 12. The van der Waals surface area contributed by atoms with Gasteiger partial charge < -0.3 is 50.8 Å². The van der Waals surface area contributed by atoms with Crippen LogP contribution >= 0.6 is 0 Å². The predicted molar refractivity (Wildman–Crippen MR) is 380 cm³/mol. The van der Waals surface area contributed by atoms with Gasteiger partial charge in [-0.2, -0.15) is 0 Å². The molecule has 0 atom stereocenters. The van der Waals surface area contributed by atoms with Crippen molar-refractivity contribution in [2.75, 3.05) is 0 Å². The van der Waals surface area contributed by atoms with Gasteiger partial charge in [0.1, 0.15) is 20.2 Å². The molecule has 0 aliphatic rings. The second-order valence-corrected chi connectivity index (χ2v) is 23.1. The van der Waals surface area contributed by atoms with Gasteiger partial charge in [-0.25, -0.2) is 16.8 Å². The SMILES string of the molecule is C(=C\c1ccncc1)/c1ccncc1.O.O.O=C([O-])c1cccc(S(=O)(=O)[O-])c1.O=C([O-])c1cccc(S(=O)(=O)[O-])c1.[Mn+2].[Mn+2].[OH3+].[OH3+].c1cnc2c(c1)ccc1cccnc12.c1cnc2c(c1)ccc1cccnc12.c1cnc2c(c1)ccc1cccnc12.c1cnc2c(c1)ccc1cccnc12. The van der Waals surface area contributed by atoms with Crippen LogP contribution in [-0.2, 0) is 65.3 Å². The zero-order valence-corrected chi connectivity index (χ0v) is 57.1. The first-order valence-corrected chi connectivity index (χ1v) is 31.8. The quantitative estimate of drug-likeness (QED) is 0.0655. The Balaban J connectivity index is 0.000000250. The summed E-state index contributed by atoms with van der Waals surface area (Å²) in [7, 11) is -9.20. The smallest absolute Gasteiger partial charge is 0.744 e. The number of nitrogens with zero attached hydrogens (tertiary/aromatic N) is 10. The van der Waals surface area contributed by atoms with Crippen molar-refractivity contribution in [1.82, 2.24) is 49.8 Å². The van der Waals surface area contributed by atoms with Gasteiger partial charge in [0.25, 0.3) is 0 Å².